The largest absolute Gasteiger partial charge is 0.383 e. The summed E-state index contributed by atoms with van der Waals surface area (Å²) in [7, 11) is 1.76. The van der Waals surface area contributed by atoms with Crippen LogP contribution in [0.5, 0.6) is 0 Å². The van der Waals surface area contributed by atoms with Crippen molar-refractivity contribution in [2.24, 2.45) is 0 Å². The van der Waals surface area contributed by atoms with Crippen molar-refractivity contribution in [2.45, 2.75) is 18.8 Å². The van der Waals surface area contributed by atoms with E-state index in [4.69, 9.17) is 4.74 Å². The molecule has 0 saturated carbocycles. The molecular formula is C18H22N4O2. The molecule has 1 aliphatic rings. The van der Waals surface area contributed by atoms with Crippen molar-refractivity contribution >= 4 is 11.6 Å². The maximum absolute atomic E-state index is 12.2. The minimum Gasteiger partial charge on any atom is -0.383 e. The van der Waals surface area contributed by atoms with Gasteiger partial charge in [0.05, 0.1) is 6.61 Å². The SMILES string of the molecule is CN1C(=O)CC(c2ccncc2)NC1OCCNc1ccccc1. The van der Waals surface area contributed by atoms with E-state index in [0.717, 1.165) is 11.3 Å². The van der Waals surface area contributed by atoms with Gasteiger partial charge in [0, 0.05) is 44.1 Å². The highest BCUT2D eigenvalue weighted by Crippen LogP contribution is 2.23. The van der Waals surface area contributed by atoms with Crippen LogP contribution in [0.4, 0.5) is 5.69 Å². The Morgan fingerprint density at radius 3 is 2.75 bits per heavy atom. The van der Waals surface area contributed by atoms with E-state index in [1.807, 2.05) is 42.5 Å². The van der Waals surface area contributed by atoms with Crippen molar-refractivity contribution in [3.63, 3.8) is 0 Å². The van der Waals surface area contributed by atoms with Gasteiger partial charge < -0.3 is 15.0 Å². The van der Waals surface area contributed by atoms with Crippen LogP contribution < -0.4 is 10.6 Å². The van der Waals surface area contributed by atoms with Crippen LogP contribution in [0.1, 0.15) is 18.0 Å². The quantitative estimate of drug-likeness (QED) is 0.795. The Balaban J connectivity index is 1.52. The lowest BCUT2D eigenvalue weighted by Crippen LogP contribution is -2.55. The highest BCUT2D eigenvalue weighted by molar-refractivity contribution is 5.77. The fraction of sp³-hybridized carbons (Fsp3) is 0.333. The van der Waals surface area contributed by atoms with Crippen molar-refractivity contribution in [2.75, 3.05) is 25.5 Å². The second-order valence-corrected chi connectivity index (χ2v) is 5.72. The molecule has 24 heavy (non-hydrogen) atoms. The lowest BCUT2D eigenvalue weighted by molar-refractivity contribution is -0.155. The molecule has 2 unspecified atom stereocenters. The summed E-state index contributed by atoms with van der Waals surface area (Å²) < 4.78 is 5.85. The topological polar surface area (TPSA) is 66.5 Å². The minimum atomic E-state index is -0.429. The Bertz CT molecular complexity index is 651. The molecule has 0 aliphatic carbocycles. The van der Waals surface area contributed by atoms with Crippen LogP contribution in [-0.4, -0.2) is 42.3 Å². The number of amides is 1. The molecule has 2 aromatic rings. The third-order valence-electron chi connectivity index (χ3n) is 4.06. The number of hydrogen-bond acceptors (Lipinski definition) is 5. The van der Waals surface area contributed by atoms with Gasteiger partial charge in [-0.05, 0) is 29.8 Å². The number of rotatable bonds is 6. The first-order valence-electron chi connectivity index (χ1n) is 8.06. The Labute approximate surface area is 141 Å². The van der Waals surface area contributed by atoms with Crippen LogP contribution in [0, 0.1) is 0 Å². The molecule has 2 atom stereocenters. The molecule has 0 bridgehead atoms. The normalized spacial score (nSPS) is 20.9. The number of carbonyl (C=O) groups excluding carboxylic acids is 1. The minimum absolute atomic E-state index is 0.0521. The predicted octanol–water partition coefficient (Wildman–Crippen LogP) is 1.99. The van der Waals surface area contributed by atoms with E-state index in [1.54, 1.807) is 24.3 Å². The molecule has 1 saturated heterocycles. The summed E-state index contributed by atoms with van der Waals surface area (Å²) in [5, 5.41) is 6.66. The molecule has 1 aliphatic heterocycles. The molecule has 2 N–H and O–H groups in total. The van der Waals surface area contributed by atoms with Gasteiger partial charge in [0.15, 0.2) is 6.35 Å². The summed E-state index contributed by atoms with van der Waals surface area (Å²) >= 11 is 0. The molecule has 1 fully saturated rings. The van der Waals surface area contributed by atoms with Crippen molar-refractivity contribution in [1.29, 1.82) is 0 Å². The third kappa shape index (κ3) is 4.10. The van der Waals surface area contributed by atoms with Gasteiger partial charge in [-0.25, -0.2) is 0 Å². The fourth-order valence-corrected chi connectivity index (χ4v) is 2.68. The summed E-state index contributed by atoms with van der Waals surface area (Å²) in [5.74, 6) is 0.0663. The van der Waals surface area contributed by atoms with E-state index in [2.05, 4.69) is 15.6 Å². The molecule has 1 amide bonds. The van der Waals surface area contributed by atoms with Crippen LogP contribution in [0.3, 0.4) is 0 Å². The van der Waals surface area contributed by atoms with E-state index in [9.17, 15) is 4.79 Å². The van der Waals surface area contributed by atoms with Crippen molar-refractivity contribution < 1.29 is 9.53 Å². The standard InChI is InChI=1S/C18H22N4O2/c1-22-17(23)13-16(14-7-9-19-10-8-14)21-18(22)24-12-11-20-15-5-3-2-4-6-15/h2-10,16,18,20-21H,11-13H2,1H3. The number of anilines is 1. The van der Waals surface area contributed by atoms with Crippen LogP contribution in [0.2, 0.25) is 0 Å². The Morgan fingerprint density at radius 2 is 2.00 bits per heavy atom. The smallest absolute Gasteiger partial charge is 0.227 e. The summed E-state index contributed by atoms with van der Waals surface area (Å²) in [6, 6.07) is 13.8. The van der Waals surface area contributed by atoms with Gasteiger partial charge in [0.25, 0.3) is 0 Å². The zero-order valence-corrected chi connectivity index (χ0v) is 13.7. The van der Waals surface area contributed by atoms with E-state index in [0.29, 0.717) is 19.6 Å². The number of nitrogens with one attached hydrogen (secondary N) is 2. The van der Waals surface area contributed by atoms with Gasteiger partial charge in [0.2, 0.25) is 5.91 Å². The summed E-state index contributed by atoms with van der Waals surface area (Å²) in [6.07, 6.45) is 3.46. The first kappa shape index (κ1) is 16.4. The molecular weight excluding hydrogens is 304 g/mol. The number of aromatic nitrogens is 1. The monoisotopic (exact) mass is 326 g/mol. The molecule has 1 aromatic heterocycles. The van der Waals surface area contributed by atoms with Crippen LogP contribution in [0.25, 0.3) is 0 Å². The van der Waals surface area contributed by atoms with Crippen molar-refractivity contribution in [3.8, 4) is 0 Å². The zero-order chi connectivity index (χ0) is 16.8. The summed E-state index contributed by atoms with van der Waals surface area (Å²) in [4.78, 5) is 17.8. The van der Waals surface area contributed by atoms with Gasteiger partial charge in [-0.15, -0.1) is 0 Å². The van der Waals surface area contributed by atoms with E-state index in [1.165, 1.54) is 0 Å². The van der Waals surface area contributed by atoms with E-state index >= 15 is 0 Å². The fourth-order valence-electron chi connectivity index (χ4n) is 2.68. The molecule has 0 spiro atoms. The van der Waals surface area contributed by atoms with Crippen LogP contribution in [-0.2, 0) is 9.53 Å². The number of nitrogens with zero attached hydrogens (tertiary/aromatic N) is 2. The van der Waals surface area contributed by atoms with Gasteiger partial charge >= 0.3 is 0 Å². The summed E-state index contributed by atoms with van der Waals surface area (Å²) in [5.41, 5.74) is 2.10. The van der Waals surface area contributed by atoms with Crippen LogP contribution in [0.15, 0.2) is 54.9 Å². The molecule has 3 rings (SSSR count). The molecule has 126 valence electrons. The Morgan fingerprint density at radius 1 is 1.25 bits per heavy atom. The second kappa shape index (κ2) is 7.90. The van der Waals surface area contributed by atoms with Crippen LogP contribution >= 0.6 is 0 Å². The first-order chi connectivity index (χ1) is 11.7. The highest BCUT2D eigenvalue weighted by Gasteiger charge is 2.31. The molecule has 2 heterocycles. The summed E-state index contributed by atoms with van der Waals surface area (Å²) in [6.45, 7) is 1.16. The van der Waals surface area contributed by atoms with Gasteiger partial charge in [-0.1, -0.05) is 18.2 Å². The average Bonchev–Trinajstić information content (AvgIpc) is 2.63. The maximum atomic E-state index is 12.2. The molecule has 6 heteroatoms. The van der Waals surface area contributed by atoms with Crippen molar-refractivity contribution in [3.05, 3.63) is 60.4 Å². The number of benzene rings is 1. The Kier molecular flexibility index (Phi) is 5.40. The van der Waals surface area contributed by atoms with E-state index in [-0.39, 0.29) is 11.9 Å². The maximum Gasteiger partial charge on any atom is 0.227 e. The highest BCUT2D eigenvalue weighted by atomic mass is 16.5. The molecule has 1 aromatic carbocycles. The second-order valence-electron chi connectivity index (χ2n) is 5.72. The van der Waals surface area contributed by atoms with Gasteiger partial charge in [0.1, 0.15) is 0 Å². The van der Waals surface area contributed by atoms with E-state index < -0.39 is 6.35 Å². The zero-order valence-electron chi connectivity index (χ0n) is 13.7. The number of ether oxygens (including phenoxy) is 1. The number of para-hydroxylation sites is 1. The number of carbonyl (C=O) groups is 1. The Hall–Kier alpha value is -2.44. The molecule has 6 nitrogen and oxygen atoms in total. The first-order valence-corrected chi connectivity index (χ1v) is 8.06. The lowest BCUT2D eigenvalue weighted by Gasteiger charge is -2.37. The number of pyridine rings is 1. The van der Waals surface area contributed by atoms with Gasteiger partial charge in [-0.3, -0.25) is 15.1 Å². The lowest BCUT2D eigenvalue weighted by atomic mass is 10.0. The average molecular weight is 326 g/mol. The number of hydrogen-bond donors (Lipinski definition) is 2. The van der Waals surface area contributed by atoms with Crippen molar-refractivity contribution in [1.82, 2.24) is 15.2 Å². The predicted molar refractivity (Wildman–Crippen MR) is 92.2 cm³/mol. The third-order valence-corrected chi connectivity index (χ3v) is 4.06. The molecule has 0 radical (unpaired) electrons. The van der Waals surface area contributed by atoms with Gasteiger partial charge in [-0.2, -0.15) is 0 Å².